The molecule has 1 amide bonds. The third-order valence-corrected chi connectivity index (χ3v) is 4.45. The highest BCUT2D eigenvalue weighted by Gasteiger charge is 2.10. The van der Waals surface area contributed by atoms with Gasteiger partial charge in [0.15, 0.2) is 11.5 Å². The number of carbonyl (C=O) groups is 1. The minimum absolute atomic E-state index is 0.225. The van der Waals surface area contributed by atoms with Gasteiger partial charge in [0.05, 0.1) is 21.3 Å². The predicted octanol–water partition coefficient (Wildman–Crippen LogP) is 4.39. The van der Waals surface area contributed by atoms with Gasteiger partial charge in [-0.05, 0) is 36.3 Å². The van der Waals surface area contributed by atoms with Crippen molar-refractivity contribution >= 4 is 35.2 Å². The summed E-state index contributed by atoms with van der Waals surface area (Å²) in [7, 11) is 4.65. The predicted molar refractivity (Wildman–Crippen MR) is 108 cm³/mol. The molecule has 0 radical (unpaired) electrons. The third-order valence-electron chi connectivity index (χ3n) is 3.86. The molecule has 2 aromatic rings. The molecule has 0 unspecified atom stereocenters. The lowest BCUT2D eigenvalue weighted by Gasteiger charge is -2.12. The second kappa shape index (κ2) is 10.1. The lowest BCUT2D eigenvalue weighted by molar-refractivity contribution is -0.116. The molecule has 7 heteroatoms. The van der Waals surface area contributed by atoms with Gasteiger partial charge in [-0.1, -0.05) is 29.3 Å². The number of halogens is 2. The normalized spacial score (nSPS) is 10.7. The zero-order valence-electron chi connectivity index (χ0n) is 15.3. The van der Waals surface area contributed by atoms with Crippen LogP contribution in [0.2, 0.25) is 10.0 Å². The number of hydrogen-bond acceptors (Lipinski definition) is 4. The smallest absolute Gasteiger partial charge is 0.244 e. The molecule has 0 atom stereocenters. The molecule has 2 aromatic carbocycles. The Morgan fingerprint density at radius 3 is 2.30 bits per heavy atom. The summed E-state index contributed by atoms with van der Waals surface area (Å²) in [6, 6.07) is 8.76. The first kappa shape index (κ1) is 20.9. The van der Waals surface area contributed by atoms with E-state index in [1.807, 2.05) is 6.07 Å². The van der Waals surface area contributed by atoms with Crippen LogP contribution in [-0.2, 0) is 11.2 Å². The van der Waals surface area contributed by atoms with Crippen LogP contribution in [0.1, 0.15) is 11.1 Å². The van der Waals surface area contributed by atoms with Gasteiger partial charge in [-0.15, -0.1) is 0 Å². The molecule has 0 saturated heterocycles. The number of nitrogens with one attached hydrogen (secondary N) is 1. The van der Waals surface area contributed by atoms with Gasteiger partial charge < -0.3 is 19.5 Å². The van der Waals surface area contributed by atoms with Crippen LogP contribution < -0.4 is 19.5 Å². The Morgan fingerprint density at radius 1 is 1.00 bits per heavy atom. The van der Waals surface area contributed by atoms with Crippen molar-refractivity contribution in [3.05, 3.63) is 57.6 Å². The van der Waals surface area contributed by atoms with Gasteiger partial charge in [0.2, 0.25) is 5.91 Å². The van der Waals surface area contributed by atoms with E-state index >= 15 is 0 Å². The summed E-state index contributed by atoms with van der Waals surface area (Å²) in [5.74, 6) is 1.45. The summed E-state index contributed by atoms with van der Waals surface area (Å²) in [6.45, 7) is 0.452. The first-order chi connectivity index (χ1) is 13.0. The van der Waals surface area contributed by atoms with Gasteiger partial charge in [-0.25, -0.2) is 0 Å². The maximum atomic E-state index is 12.1. The van der Waals surface area contributed by atoms with E-state index < -0.39 is 0 Å². The standard InChI is InChI=1S/C20H21Cl2NO4/c1-25-17-12-19(27-3)18(26-2)10-14(17)5-7-20(24)23-9-8-13-4-6-15(21)11-16(13)22/h4-7,10-12H,8-9H2,1-3H3,(H,23,24)/b7-5+. The van der Waals surface area contributed by atoms with E-state index in [1.165, 1.54) is 6.08 Å². The topological polar surface area (TPSA) is 56.8 Å². The second-order valence-electron chi connectivity index (χ2n) is 5.56. The van der Waals surface area contributed by atoms with Crippen LogP contribution in [-0.4, -0.2) is 33.8 Å². The molecule has 0 heterocycles. The van der Waals surface area contributed by atoms with Crippen molar-refractivity contribution < 1.29 is 19.0 Å². The Hall–Kier alpha value is -2.37. The molecule has 27 heavy (non-hydrogen) atoms. The van der Waals surface area contributed by atoms with Crippen molar-refractivity contribution in [2.24, 2.45) is 0 Å². The fourth-order valence-electron chi connectivity index (χ4n) is 2.45. The van der Waals surface area contributed by atoms with Gasteiger partial charge in [-0.3, -0.25) is 4.79 Å². The van der Waals surface area contributed by atoms with Crippen molar-refractivity contribution in [2.75, 3.05) is 27.9 Å². The molecule has 0 aliphatic rings. The van der Waals surface area contributed by atoms with Crippen LogP contribution in [0.3, 0.4) is 0 Å². The SMILES string of the molecule is COc1cc(OC)c(OC)cc1/C=C/C(=O)NCCc1ccc(Cl)cc1Cl. The summed E-state index contributed by atoms with van der Waals surface area (Å²) in [5, 5.41) is 3.99. The zero-order valence-corrected chi connectivity index (χ0v) is 16.9. The summed E-state index contributed by atoms with van der Waals surface area (Å²) in [5.41, 5.74) is 1.62. The molecular weight excluding hydrogens is 389 g/mol. The van der Waals surface area contributed by atoms with Crippen molar-refractivity contribution in [2.45, 2.75) is 6.42 Å². The molecule has 0 aliphatic heterocycles. The van der Waals surface area contributed by atoms with Gasteiger partial charge in [0.1, 0.15) is 5.75 Å². The number of amides is 1. The lowest BCUT2D eigenvalue weighted by Crippen LogP contribution is -2.23. The van der Waals surface area contributed by atoms with Crippen LogP contribution in [0.15, 0.2) is 36.4 Å². The van der Waals surface area contributed by atoms with E-state index in [4.69, 9.17) is 37.4 Å². The quantitative estimate of drug-likeness (QED) is 0.656. The summed E-state index contributed by atoms with van der Waals surface area (Å²) >= 11 is 12.0. The first-order valence-corrected chi connectivity index (χ1v) is 8.94. The van der Waals surface area contributed by atoms with E-state index in [9.17, 15) is 4.79 Å². The molecule has 5 nitrogen and oxygen atoms in total. The van der Waals surface area contributed by atoms with E-state index in [2.05, 4.69) is 5.32 Å². The lowest BCUT2D eigenvalue weighted by atomic mass is 10.1. The minimum atomic E-state index is -0.225. The van der Waals surface area contributed by atoms with Crippen molar-refractivity contribution in [1.82, 2.24) is 5.32 Å². The average molecular weight is 410 g/mol. The van der Waals surface area contributed by atoms with E-state index in [-0.39, 0.29) is 5.91 Å². The monoisotopic (exact) mass is 409 g/mol. The summed E-state index contributed by atoms with van der Waals surface area (Å²) in [4.78, 5) is 12.1. The van der Waals surface area contributed by atoms with E-state index in [1.54, 1.807) is 51.7 Å². The number of benzene rings is 2. The van der Waals surface area contributed by atoms with E-state index in [0.717, 1.165) is 5.56 Å². The van der Waals surface area contributed by atoms with Gasteiger partial charge in [-0.2, -0.15) is 0 Å². The molecule has 2 rings (SSSR count). The highest BCUT2D eigenvalue weighted by atomic mass is 35.5. The maximum absolute atomic E-state index is 12.1. The number of hydrogen-bond donors (Lipinski definition) is 1. The van der Waals surface area contributed by atoms with Crippen LogP contribution in [0.4, 0.5) is 0 Å². The fourth-order valence-corrected chi connectivity index (χ4v) is 2.96. The molecule has 144 valence electrons. The molecule has 0 bridgehead atoms. The number of rotatable bonds is 8. The second-order valence-corrected chi connectivity index (χ2v) is 6.40. The number of methoxy groups -OCH3 is 3. The van der Waals surface area contributed by atoms with Crippen LogP contribution in [0, 0.1) is 0 Å². The van der Waals surface area contributed by atoms with Gasteiger partial charge in [0, 0.05) is 34.3 Å². The van der Waals surface area contributed by atoms with Crippen molar-refractivity contribution in [1.29, 1.82) is 0 Å². The highest BCUT2D eigenvalue weighted by molar-refractivity contribution is 6.35. The average Bonchev–Trinajstić information content (AvgIpc) is 2.67. The first-order valence-electron chi connectivity index (χ1n) is 8.18. The molecule has 0 saturated carbocycles. The molecule has 0 fully saturated rings. The Labute approximate surface area is 168 Å². The minimum Gasteiger partial charge on any atom is -0.496 e. The fraction of sp³-hybridized carbons (Fsp3) is 0.250. The summed E-state index contributed by atoms with van der Waals surface area (Å²) < 4.78 is 15.9. The third kappa shape index (κ3) is 5.81. The molecule has 0 aliphatic carbocycles. The van der Waals surface area contributed by atoms with Gasteiger partial charge >= 0.3 is 0 Å². The Balaban J connectivity index is 1.99. The number of carbonyl (C=O) groups excluding carboxylic acids is 1. The van der Waals surface area contributed by atoms with Crippen LogP contribution in [0.5, 0.6) is 17.2 Å². The van der Waals surface area contributed by atoms with Crippen LogP contribution in [0.25, 0.3) is 6.08 Å². The number of ether oxygens (including phenoxy) is 3. The Bertz CT molecular complexity index is 837. The zero-order chi connectivity index (χ0) is 19.8. The highest BCUT2D eigenvalue weighted by Crippen LogP contribution is 2.35. The Morgan fingerprint density at radius 2 is 1.67 bits per heavy atom. The van der Waals surface area contributed by atoms with Gasteiger partial charge in [0.25, 0.3) is 0 Å². The maximum Gasteiger partial charge on any atom is 0.244 e. The molecule has 1 N–H and O–H groups in total. The van der Waals surface area contributed by atoms with Crippen LogP contribution >= 0.6 is 23.2 Å². The Kier molecular flexibility index (Phi) is 7.82. The molecule has 0 aromatic heterocycles. The van der Waals surface area contributed by atoms with Crippen molar-refractivity contribution in [3.8, 4) is 17.2 Å². The molecule has 0 spiro atoms. The largest absolute Gasteiger partial charge is 0.496 e. The molecular formula is C20H21Cl2NO4. The summed E-state index contributed by atoms with van der Waals surface area (Å²) in [6.07, 6.45) is 3.70. The van der Waals surface area contributed by atoms with Crippen molar-refractivity contribution in [3.63, 3.8) is 0 Å². The van der Waals surface area contributed by atoms with E-state index in [0.29, 0.717) is 45.8 Å².